The molecule has 0 heterocycles. The number of rotatable bonds is 3. The summed E-state index contributed by atoms with van der Waals surface area (Å²) in [6.45, 7) is -0.122. The molecule has 1 rings (SSSR count). The second-order valence-electron chi connectivity index (χ2n) is 2.65. The molecule has 0 spiro atoms. The van der Waals surface area contributed by atoms with Gasteiger partial charge in [0.05, 0.1) is 0 Å². The molecule has 0 saturated carbocycles. The minimum Gasteiger partial charge on any atom is -0.329 e. The molecule has 1 aromatic carbocycles. The lowest BCUT2D eigenvalue weighted by atomic mass is 10.1. The molecular weight excluding hydrogens is 190 g/mol. The van der Waals surface area contributed by atoms with Gasteiger partial charge in [-0.15, -0.1) is 0 Å². The van der Waals surface area contributed by atoms with Crippen LogP contribution in [0.5, 0.6) is 0 Å². The normalized spacial score (nSPS) is 14.0. The summed E-state index contributed by atoms with van der Waals surface area (Å²) in [6.07, 6.45) is 0. The molecule has 4 nitrogen and oxygen atoms in total. The zero-order valence-electron chi connectivity index (χ0n) is 6.92. The summed E-state index contributed by atoms with van der Waals surface area (Å²) in [4.78, 5) is 0. The third kappa shape index (κ3) is 2.51. The monoisotopic (exact) mass is 201 g/mol. The average molecular weight is 201 g/mol. The Kier molecular flexibility index (Phi) is 3.02. The van der Waals surface area contributed by atoms with E-state index in [9.17, 15) is 8.42 Å². The summed E-state index contributed by atoms with van der Waals surface area (Å²) in [7, 11) is -4.09. The predicted octanol–water partition coefficient (Wildman–Crippen LogP) is 0.574. The maximum absolute atomic E-state index is 10.8. The molecule has 1 aromatic rings. The first kappa shape index (κ1) is 10.2. The van der Waals surface area contributed by atoms with Crippen LogP contribution in [0.1, 0.15) is 10.8 Å². The molecule has 0 aliphatic carbocycles. The minimum absolute atomic E-state index is 0.122. The Labute approximate surface area is 77.1 Å². The smallest absolute Gasteiger partial charge is 0.273 e. The molecule has 3 N–H and O–H groups in total. The molecule has 0 bridgehead atoms. The molecule has 13 heavy (non-hydrogen) atoms. The molecular formula is C8H11NO3S. The first-order valence-corrected chi connectivity index (χ1v) is 5.27. The highest BCUT2D eigenvalue weighted by atomic mass is 32.2. The van der Waals surface area contributed by atoms with Crippen LogP contribution in [0.2, 0.25) is 0 Å². The van der Waals surface area contributed by atoms with Gasteiger partial charge in [0.2, 0.25) is 0 Å². The molecule has 0 saturated heterocycles. The zero-order valence-corrected chi connectivity index (χ0v) is 7.74. The highest BCUT2D eigenvalue weighted by Crippen LogP contribution is 2.19. The van der Waals surface area contributed by atoms with Crippen LogP contribution in [0.15, 0.2) is 30.3 Å². The minimum atomic E-state index is -4.09. The SMILES string of the molecule is NC[C@H](c1ccccc1)S(=O)(=O)O. The van der Waals surface area contributed by atoms with Crippen LogP contribution in [-0.4, -0.2) is 19.5 Å². The van der Waals surface area contributed by atoms with Crippen molar-refractivity contribution in [2.24, 2.45) is 5.73 Å². The van der Waals surface area contributed by atoms with E-state index in [1.807, 2.05) is 0 Å². The van der Waals surface area contributed by atoms with Gasteiger partial charge < -0.3 is 5.73 Å². The summed E-state index contributed by atoms with van der Waals surface area (Å²) in [6, 6.07) is 8.39. The summed E-state index contributed by atoms with van der Waals surface area (Å²) in [5.74, 6) is 0. The van der Waals surface area contributed by atoms with Crippen molar-refractivity contribution >= 4 is 10.1 Å². The zero-order chi connectivity index (χ0) is 9.90. The highest BCUT2D eigenvalue weighted by molar-refractivity contribution is 7.86. The first-order valence-electron chi connectivity index (χ1n) is 3.77. The van der Waals surface area contributed by atoms with Crippen LogP contribution >= 0.6 is 0 Å². The predicted molar refractivity (Wildman–Crippen MR) is 49.8 cm³/mol. The molecule has 1 atom stereocenters. The van der Waals surface area contributed by atoms with Crippen LogP contribution < -0.4 is 5.73 Å². The number of nitrogens with two attached hydrogens (primary N) is 1. The van der Waals surface area contributed by atoms with E-state index in [1.165, 1.54) is 0 Å². The third-order valence-corrected chi connectivity index (χ3v) is 2.93. The Morgan fingerprint density at radius 3 is 2.23 bits per heavy atom. The maximum atomic E-state index is 10.8. The van der Waals surface area contributed by atoms with Crippen LogP contribution in [0, 0.1) is 0 Å². The van der Waals surface area contributed by atoms with E-state index in [4.69, 9.17) is 10.3 Å². The van der Waals surface area contributed by atoms with Gasteiger partial charge in [0.15, 0.2) is 0 Å². The summed E-state index contributed by atoms with van der Waals surface area (Å²) in [5, 5.41) is -1.02. The molecule has 0 fully saturated rings. The molecule has 5 heteroatoms. The van der Waals surface area contributed by atoms with Gasteiger partial charge in [-0.25, -0.2) is 0 Å². The fraction of sp³-hybridized carbons (Fsp3) is 0.250. The van der Waals surface area contributed by atoms with E-state index < -0.39 is 15.4 Å². The largest absolute Gasteiger partial charge is 0.329 e. The van der Waals surface area contributed by atoms with Crippen molar-refractivity contribution in [2.75, 3.05) is 6.54 Å². The third-order valence-electron chi connectivity index (χ3n) is 1.74. The Balaban J connectivity index is 3.06. The fourth-order valence-electron chi connectivity index (χ4n) is 1.10. The molecule has 72 valence electrons. The van der Waals surface area contributed by atoms with E-state index in [2.05, 4.69) is 0 Å². The summed E-state index contributed by atoms with van der Waals surface area (Å²) in [5.41, 5.74) is 5.76. The lowest BCUT2D eigenvalue weighted by molar-refractivity contribution is 0.469. The van der Waals surface area contributed by atoms with Crippen molar-refractivity contribution in [1.82, 2.24) is 0 Å². The van der Waals surface area contributed by atoms with E-state index in [-0.39, 0.29) is 6.54 Å². The van der Waals surface area contributed by atoms with Gasteiger partial charge in [0, 0.05) is 6.54 Å². The standard InChI is InChI=1S/C8H11NO3S/c9-6-8(13(10,11)12)7-4-2-1-3-5-7/h1-5,8H,6,9H2,(H,10,11,12)/t8-/m1/s1. The molecule has 0 radical (unpaired) electrons. The van der Waals surface area contributed by atoms with E-state index >= 15 is 0 Å². The maximum Gasteiger partial charge on any atom is 0.273 e. The molecule has 0 aromatic heterocycles. The average Bonchev–Trinajstić information content (AvgIpc) is 2.05. The van der Waals surface area contributed by atoms with E-state index in [0.717, 1.165) is 0 Å². The van der Waals surface area contributed by atoms with Crippen molar-refractivity contribution in [1.29, 1.82) is 0 Å². The highest BCUT2D eigenvalue weighted by Gasteiger charge is 2.22. The first-order chi connectivity index (χ1) is 6.05. The van der Waals surface area contributed by atoms with Gasteiger partial charge in [-0.3, -0.25) is 4.55 Å². The van der Waals surface area contributed by atoms with Crippen molar-refractivity contribution in [3.63, 3.8) is 0 Å². The molecule has 0 aliphatic rings. The quantitative estimate of drug-likeness (QED) is 0.701. The number of benzene rings is 1. The number of hydrogen-bond acceptors (Lipinski definition) is 3. The topological polar surface area (TPSA) is 80.4 Å². The fourth-order valence-corrected chi connectivity index (χ4v) is 1.84. The molecule has 0 amide bonds. The Morgan fingerprint density at radius 2 is 1.85 bits per heavy atom. The van der Waals surface area contributed by atoms with Crippen LogP contribution in [-0.2, 0) is 10.1 Å². The molecule has 0 unspecified atom stereocenters. The van der Waals surface area contributed by atoms with E-state index in [0.29, 0.717) is 5.56 Å². The molecule has 0 aliphatic heterocycles. The van der Waals surface area contributed by atoms with Crippen LogP contribution in [0.25, 0.3) is 0 Å². The van der Waals surface area contributed by atoms with Gasteiger partial charge in [0.1, 0.15) is 5.25 Å². The lowest BCUT2D eigenvalue weighted by Crippen LogP contribution is -2.21. The summed E-state index contributed by atoms with van der Waals surface area (Å²) >= 11 is 0. The summed E-state index contributed by atoms with van der Waals surface area (Å²) < 4.78 is 30.5. The van der Waals surface area contributed by atoms with Crippen LogP contribution in [0.4, 0.5) is 0 Å². The van der Waals surface area contributed by atoms with Gasteiger partial charge >= 0.3 is 0 Å². The van der Waals surface area contributed by atoms with Gasteiger partial charge in [0.25, 0.3) is 10.1 Å². The van der Waals surface area contributed by atoms with Gasteiger partial charge in [-0.2, -0.15) is 8.42 Å². The van der Waals surface area contributed by atoms with E-state index in [1.54, 1.807) is 30.3 Å². The lowest BCUT2D eigenvalue weighted by Gasteiger charge is -2.10. The number of hydrogen-bond donors (Lipinski definition) is 2. The Morgan fingerprint density at radius 1 is 1.31 bits per heavy atom. The van der Waals surface area contributed by atoms with Gasteiger partial charge in [-0.1, -0.05) is 30.3 Å². The second kappa shape index (κ2) is 3.87. The van der Waals surface area contributed by atoms with Crippen molar-refractivity contribution in [3.05, 3.63) is 35.9 Å². The van der Waals surface area contributed by atoms with Gasteiger partial charge in [-0.05, 0) is 5.56 Å². The van der Waals surface area contributed by atoms with Crippen molar-refractivity contribution < 1.29 is 13.0 Å². The Hall–Kier alpha value is -0.910. The second-order valence-corrected chi connectivity index (χ2v) is 4.25. The van der Waals surface area contributed by atoms with Crippen molar-refractivity contribution in [3.8, 4) is 0 Å². The van der Waals surface area contributed by atoms with Crippen molar-refractivity contribution in [2.45, 2.75) is 5.25 Å². The Bertz CT molecular complexity index is 360. The van der Waals surface area contributed by atoms with Crippen LogP contribution in [0.3, 0.4) is 0 Å².